The molecule has 0 radical (unpaired) electrons. The third-order valence-corrected chi connectivity index (χ3v) is 10.6. The van der Waals surface area contributed by atoms with Gasteiger partial charge in [0.15, 0.2) is 0 Å². The first-order valence-electron chi connectivity index (χ1n) is 17.2. The van der Waals surface area contributed by atoms with Gasteiger partial charge in [-0.1, -0.05) is 127 Å². The molecule has 0 fully saturated rings. The molecule has 0 aliphatic heterocycles. The number of nitrogens with zero attached hydrogens (tertiary/aromatic N) is 1. The Kier molecular flexibility index (Phi) is 5.70. The molecule has 1 aliphatic rings. The molecule has 2 nitrogen and oxygen atoms in total. The fraction of sp³-hybridized carbons (Fsp3) is 0. The number of para-hydroxylation sites is 2. The standard InChI is InChI=1S/C48H29NO/c1-2-12-34-33(11-1)35-13-3-4-15-37(35)39-24-21-30(27-42(39)38-16-6-5-14-36(34)38)31-22-25-47-43(28-31)44-29-32(23-26-48(44)50-47)49-45-19-9-7-17-40(45)41-18-8-10-20-46(41)49/h1-29H. The Morgan fingerprint density at radius 3 is 1.30 bits per heavy atom. The molecule has 2 aromatic heterocycles. The smallest absolute Gasteiger partial charge is 0.135 e. The topological polar surface area (TPSA) is 18.1 Å². The van der Waals surface area contributed by atoms with E-state index in [1.807, 2.05) is 0 Å². The first-order chi connectivity index (χ1) is 24.8. The lowest BCUT2D eigenvalue weighted by atomic mass is 9.80. The Labute approximate surface area is 289 Å². The molecule has 0 atom stereocenters. The summed E-state index contributed by atoms with van der Waals surface area (Å²) in [6.07, 6.45) is 0. The summed E-state index contributed by atoms with van der Waals surface area (Å²) in [6, 6.07) is 63.9. The van der Waals surface area contributed by atoms with Crippen molar-refractivity contribution in [1.82, 2.24) is 4.57 Å². The van der Waals surface area contributed by atoms with Gasteiger partial charge in [-0.15, -0.1) is 0 Å². The molecule has 11 rings (SSSR count). The maximum Gasteiger partial charge on any atom is 0.135 e. The van der Waals surface area contributed by atoms with E-state index in [9.17, 15) is 0 Å². The monoisotopic (exact) mass is 635 g/mol. The summed E-state index contributed by atoms with van der Waals surface area (Å²) in [5.41, 5.74) is 17.7. The second kappa shape index (κ2) is 10.4. The zero-order valence-corrected chi connectivity index (χ0v) is 27.1. The number of hydrogen-bond acceptors (Lipinski definition) is 1. The minimum absolute atomic E-state index is 0.893. The lowest BCUT2D eigenvalue weighted by Gasteiger charge is -2.23. The summed E-state index contributed by atoms with van der Waals surface area (Å²) in [7, 11) is 0. The fourth-order valence-electron chi connectivity index (χ4n) is 8.32. The second-order valence-electron chi connectivity index (χ2n) is 13.3. The highest BCUT2D eigenvalue weighted by Crippen LogP contribution is 2.48. The molecule has 0 unspecified atom stereocenters. The van der Waals surface area contributed by atoms with E-state index in [2.05, 4.69) is 180 Å². The molecular weight excluding hydrogens is 607 g/mol. The minimum Gasteiger partial charge on any atom is -0.456 e. The molecule has 232 valence electrons. The van der Waals surface area contributed by atoms with Gasteiger partial charge in [0, 0.05) is 27.2 Å². The van der Waals surface area contributed by atoms with Crippen LogP contribution in [0.15, 0.2) is 180 Å². The van der Waals surface area contributed by atoms with E-state index in [0.29, 0.717) is 0 Å². The van der Waals surface area contributed by atoms with Crippen LogP contribution < -0.4 is 0 Å². The predicted octanol–water partition coefficient (Wildman–Crippen LogP) is 13.3. The van der Waals surface area contributed by atoms with Gasteiger partial charge in [0.25, 0.3) is 0 Å². The molecule has 0 spiro atoms. The molecule has 2 heteroatoms. The number of furan rings is 1. The zero-order chi connectivity index (χ0) is 32.8. The number of hydrogen-bond donors (Lipinski definition) is 0. The highest BCUT2D eigenvalue weighted by Gasteiger charge is 2.22. The van der Waals surface area contributed by atoms with Crippen molar-refractivity contribution in [3.8, 4) is 61.3 Å². The van der Waals surface area contributed by atoms with Crippen molar-refractivity contribution in [1.29, 1.82) is 0 Å². The SMILES string of the molecule is c1ccc2c(c1)-c1ccccc1-c1ccc(-c3ccc4oc5ccc(-n6c7ccccc7c7ccccc76)cc5c4c3)cc1-c1ccccc1-2. The molecule has 0 amide bonds. The van der Waals surface area contributed by atoms with E-state index in [4.69, 9.17) is 4.42 Å². The minimum atomic E-state index is 0.893. The largest absolute Gasteiger partial charge is 0.456 e. The number of fused-ring (bicyclic) bond motifs is 14. The lowest BCUT2D eigenvalue weighted by Crippen LogP contribution is -1.97. The third-order valence-electron chi connectivity index (χ3n) is 10.6. The van der Waals surface area contributed by atoms with E-state index in [1.54, 1.807) is 0 Å². The summed E-state index contributed by atoms with van der Waals surface area (Å²) in [5, 5.41) is 4.75. The van der Waals surface area contributed by atoms with Crippen LogP contribution in [0.4, 0.5) is 0 Å². The van der Waals surface area contributed by atoms with Crippen molar-refractivity contribution < 1.29 is 4.42 Å². The summed E-state index contributed by atoms with van der Waals surface area (Å²) in [4.78, 5) is 0. The molecule has 10 aromatic rings. The van der Waals surface area contributed by atoms with Gasteiger partial charge in [0.1, 0.15) is 11.2 Å². The molecule has 50 heavy (non-hydrogen) atoms. The average molecular weight is 636 g/mol. The van der Waals surface area contributed by atoms with E-state index in [0.717, 1.165) is 27.6 Å². The zero-order valence-electron chi connectivity index (χ0n) is 27.1. The highest BCUT2D eigenvalue weighted by molar-refractivity contribution is 6.11. The van der Waals surface area contributed by atoms with Gasteiger partial charge in [-0.3, -0.25) is 0 Å². The van der Waals surface area contributed by atoms with Crippen molar-refractivity contribution >= 4 is 43.7 Å². The molecule has 0 N–H and O–H groups in total. The first kappa shape index (κ1) is 27.3. The van der Waals surface area contributed by atoms with Crippen LogP contribution in [0.5, 0.6) is 0 Å². The van der Waals surface area contributed by atoms with Gasteiger partial charge in [-0.2, -0.15) is 0 Å². The maximum atomic E-state index is 6.42. The molecule has 0 bridgehead atoms. The molecular formula is C48H29NO. The third kappa shape index (κ3) is 3.90. The van der Waals surface area contributed by atoms with Gasteiger partial charge in [-0.05, 0) is 104 Å². The van der Waals surface area contributed by atoms with Crippen LogP contribution in [-0.4, -0.2) is 4.57 Å². The Hall–Kier alpha value is -6.64. The molecule has 0 saturated carbocycles. The van der Waals surface area contributed by atoms with Crippen LogP contribution >= 0.6 is 0 Å². The summed E-state index contributed by atoms with van der Waals surface area (Å²) in [6.45, 7) is 0. The van der Waals surface area contributed by atoms with E-state index in [1.165, 1.54) is 77.4 Å². The normalized spacial score (nSPS) is 12.0. The summed E-state index contributed by atoms with van der Waals surface area (Å²) >= 11 is 0. The first-order valence-corrected chi connectivity index (χ1v) is 17.2. The van der Waals surface area contributed by atoms with Crippen molar-refractivity contribution in [2.75, 3.05) is 0 Å². The van der Waals surface area contributed by atoms with Crippen molar-refractivity contribution in [2.24, 2.45) is 0 Å². The van der Waals surface area contributed by atoms with Crippen LogP contribution in [0.3, 0.4) is 0 Å². The van der Waals surface area contributed by atoms with Gasteiger partial charge in [0.2, 0.25) is 0 Å². The second-order valence-corrected chi connectivity index (χ2v) is 13.3. The van der Waals surface area contributed by atoms with Gasteiger partial charge in [0.05, 0.1) is 11.0 Å². The molecule has 1 aliphatic carbocycles. The highest BCUT2D eigenvalue weighted by atomic mass is 16.3. The molecule has 0 saturated heterocycles. The van der Waals surface area contributed by atoms with Crippen molar-refractivity contribution in [3.63, 3.8) is 0 Å². The lowest BCUT2D eigenvalue weighted by molar-refractivity contribution is 0.669. The van der Waals surface area contributed by atoms with Crippen LogP contribution in [-0.2, 0) is 0 Å². The maximum absolute atomic E-state index is 6.42. The number of aromatic nitrogens is 1. The fourth-order valence-corrected chi connectivity index (χ4v) is 8.32. The predicted molar refractivity (Wildman–Crippen MR) is 209 cm³/mol. The van der Waals surface area contributed by atoms with E-state index in [-0.39, 0.29) is 0 Å². The van der Waals surface area contributed by atoms with E-state index < -0.39 is 0 Å². The van der Waals surface area contributed by atoms with Crippen LogP contribution in [0.2, 0.25) is 0 Å². The van der Waals surface area contributed by atoms with Gasteiger partial charge >= 0.3 is 0 Å². The van der Waals surface area contributed by atoms with Crippen molar-refractivity contribution in [2.45, 2.75) is 0 Å². The number of rotatable bonds is 2. The van der Waals surface area contributed by atoms with Gasteiger partial charge < -0.3 is 8.98 Å². The van der Waals surface area contributed by atoms with Crippen molar-refractivity contribution in [3.05, 3.63) is 176 Å². The Morgan fingerprint density at radius 2 is 0.720 bits per heavy atom. The molecule has 2 heterocycles. The van der Waals surface area contributed by atoms with Crippen LogP contribution in [0, 0.1) is 0 Å². The average Bonchev–Trinajstić information content (AvgIpc) is 3.72. The van der Waals surface area contributed by atoms with Crippen LogP contribution in [0.1, 0.15) is 0 Å². The quantitative estimate of drug-likeness (QED) is 0.185. The van der Waals surface area contributed by atoms with E-state index >= 15 is 0 Å². The van der Waals surface area contributed by atoms with Crippen LogP contribution in [0.25, 0.3) is 105 Å². The molecule has 8 aromatic carbocycles. The number of benzene rings is 8. The van der Waals surface area contributed by atoms with Gasteiger partial charge in [-0.25, -0.2) is 0 Å². The Bertz CT molecular complexity index is 2930. The summed E-state index contributed by atoms with van der Waals surface area (Å²) in [5.74, 6) is 0. The Balaban J connectivity index is 1.11. The summed E-state index contributed by atoms with van der Waals surface area (Å²) < 4.78 is 8.79. The Morgan fingerprint density at radius 1 is 0.300 bits per heavy atom.